The Morgan fingerprint density at radius 2 is 1.49 bits per heavy atom. The highest BCUT2D eigenvalue weighted by Gasteiger charge is 2.43. The molecule has 5 N–H and O–H groups in total. The van der Waals surface area contributed by atoms with E-state index in [9.17, 15) is 24.0 Å². The van der Waals surface area contributed by atoms with E-state index in [1.165, 1.54) is 11.3 Å². The molecule has 5 amide bonds. The van der Waals surface area contributed by atoms with E-state index < -0.39 is 52.7 Å². The minimum absolute atomic E-state index is 0.269. The van der Waals surface area contributed by atoms with Gasteiger partial charge < -0.3 is 26.6 Å². The highest BCUT2D eigenvalue weighted by atomic mass is 16.2. The molecule has 0 radical (unpaired) electrons. The van der Waals surface area contributed by atoms with Gasteiger partial charge in [-0.2, -0.15) is 0 Å². The molecule has 2 rings (SSSR count). The van der Waals surface area contributed by atoms with Crippen LogP contribution in [0, 0.1) is 11.3 Å². The highest BCUT2D eigenvalue weighted by Crippen LogP contribution is 2.31. The fourth-order valence-electron chi connectivity index (χ4n) is 4.36. The molecule has 2 aliphatic rings. The third-order valence-corrected chi connectivity index (χ3v) is 6.39. The molecule has 0 aromatic rings. The molecule has 1 saturated carbocycles. The number of hydrogen-bond acceptors (Lipinski definition) is 5. The zero-order chi connectivity index (χ0) is 28.6. The number of carbonyl (C=O) groups is 5. The Labute approximate surface area is 222 Å². The summed E-state index contributed by atoms with van der Waals surface area (Å²) in [7, 11) is 0. The Bertz CT molecular complexity index is 826. The number of rotatable bonds is 8. The van der Waals surface area contributed by atoms with Gasteiger partial charge in [0.25, 0.3) is 5.91 Å². The van der Waals surface area contributed by atoms with Gasteiger partial charge >= 0.3 is 6.03 Å². The van der Waals surface area contributed by atoms with Gasteiger partial charge in [0, 0.05) is 12.1 Å². The van der Waals surface area contributed by atoms with Gasteiger partial charge in [-0.05, 0) is 51.4 Å². The number of likely N-dealkylation sites (tertiary alicyclic amines) is 1. The first-order valence-electron chi connectivity index (χ1n) is 13.5. The predicted octanol–water partition coefficient (Wildman–Crippen LogP) is 2.64. The summed E-state index contributed by atoms with van der Waals surface area (Å²) >= 11 is 0. The van der Waals surface area contributed by atoms with Crippen LogP contribution < -0.4 is 21.7 Å². The van der Waals surface area contributed by atoms with Gasteiger partial charge in [-0.15, -0.1) is 0 Å². The Morgan fingerprint density at radius 3 is 1.92 bits per heavy atom. The molecule has 10 heteroatoms. The second-order valence-corrected chi connectivity index (χ2v) is 12.4. The van der Waals surface area contributed by atoms with Crippen molar-refractivity contribution in [3.63, 3.8) is 0 Å². The van der Waals surface area contributed by atoms with Crippen LogP contribution in [0.15, 0.2) is 0 Å². The summed E-state index contributed by atoms with van der Waals surface area (Å²) in [5, 5.41) is 8.27. The second-order valence-electron chi connectivity index (χ2n) is 12.4. The molecule has 212 valence electrons. The van der Waals surface area contributed by atoms with Gasteiger partial charge in [-0.3, -0.25) is 19.2 Å². The summed E-state index contributed by atoms with van der Waals surface area (Å²) in [6.07, 6.45) is 5.62. The van der Waals surface area contributed by atoms with Gasteiger partial charge in [0.15, 0.2) is 0 Å². The van der Waals surface area contributed by atoms with Crippen LogP contribution in [0.2, 0.25) is 0 Å². The zero-order valence-electron chi connectivity index (χ0n) is 24.0. The fraction of sp³-hybridized carbons (Fsp3) is 0.815. The number of hydrogen-bond donors (Lipinski definition) is 4. The minimum atomic E-state index is -1.08. The molecule has 3 atom stereocenters. The summed E-state index contributed by atoms with van der Waals surface area (Å²) < 4.78 is 0. The van der Waals surface area contributed by atoms with Crippen LogP contribution in [0.4, 0.5) is 4.79 Å². The molecule has 0 bridgehead atoms. The first-order chi connectivity index (χ1) is 17.0. The Kier molecular flexibility index (Phi) is 12.0. The van der Waals surface area contributed by atoms with Gasteiger partial charge in [0.05, 0.1) is 6.04 Å². The van der Waals surface area contributed by atoms with E-state index in [0.29, 0.717) is 25.8 Å². The SMILES string of the molecule is CC(C)(C)NC(=O)NC(C(=O)N1CCCC1C(=O)NC(CC1CCC1)C(=O)C(N)=O)C(C)(C)C.CCC. The molecule has 3 unspecified atom stereocenters. The standard InChI is InChI=1S/C24H41N5O5.C3H8/c1-23(2,3)18(27-22(34)28-24(4,5)6)21(33)29-12-8-11-16(29)20(32)26-15(17(30)19(25)31)13-14-9-7-10-14;1-3-2/h14-16,18H,7-13H2,1-6H3,(H2,25,31)(H,26,32)(H2,27,28,34);3H2,1-2H3. The highest BCUT2D eigenvalue weighted by molar-refractivity contribution is 6.37. The van der Waals surface area contributed by atoms with Gasteiger partial charge in [0.2, 0.25) is 17.6 Å². The minimum Gasteiger partial charge on any atom is -0.363 e. The normalized spacial score (nSPS) is 19.5. The number of nitrogens with one attached hydrogen (secondary N) is 3. The maximum atomic E-state index is 13.5. The van der Waals surface area contributed by atoms with E-state index in [0.717, 1.165) is 19.3 Å². The number of nitrogens with zero attached hydrogens (tertiary/aromatic N) is 1. The first-order valence-corrected chi connectivity index (χ1v) is 13.5. The van der Waals surface area contributed by atoms with Gasteiger partial charge in [0.1, 0.15) is 12.1 Å². The third kappa shape index (κ3) is 10.3. The molecule has 37 heavy (non-hydrogen) atoms. The number of ketones is 1. The second kappa shape index (κ2) is 13.8. The van der Waals surface area contributed by atoms with E-state index >= 15 is 0 Å². The number of Topliss-reactive ketones (excluding diaryl/α,β-unsaturated/α-hetero) is 1. The topological polar surface area (TPSA) is 151 Å². The summed E-state index contributed by atoms with van der Waals surface area (Å²) in [6, 6.07) is -3.09. The van der Waals surface area contributed by atoms with Crippen LogP contribution in [0.5, 0.6) is 0 Å². The summed E-state index contributed by atoms with van der Waals surface area (Å²) in [5.41, 5.74) is 4.12. The Hall–Kier alpha value is -2.65. The van der Waals surface area contributed by atoms with Crippen molar-refractivity contribution in [2.24, 2.45) is 17.1 Å². The number of carbonyl (C=O) groups excluding carboxylic acids is 5. The van der Waals surface area contributed by atoms with Crippen molar-refractivity contribution in [3.8, 4) is 0 Å². The number of urea groups is 1. The molecular weight excluding hydrogens is 474 g/mol. The Balaban J connectivity index is 0.00000217. The summed E-state index contributed by atoms with van der Waals surface area (Å²) in [6.45, 7) is 15.7. The molecule has 0 aromatic carbocycles. The van der Waals surface area contributed by atoms with Crippen LogP contribution in [0.25, 0.3) is 0 Å². The lowest BCUT2D eigenvalue weighted by Crippen LogP contribution is -2.61. The van der Waals surface area contributed by atoms with Crippen molar-refractivity contribution in [2.75, 3.05) is 6.54 Å². The average Bonchev–Trinajstić information content (AvgIpc) is 3.21. The maximum Gasteiger partial charge on any atom is 0.315 e. The quantitative estimate of drug-likeness (QED) is 0.361. The van der Waals surface area contributed by atoms with Crippen LogP contribution in [-0.4, -0.2) is 64.6 Å². The van der Waals surface area contributed by atoms with E-state index in [1.807, 2.05) is 41.5 Å². The first kappa shape index (κ1) is 32.4. The van der Waals surface area contributed by atoms with Crippen molar-refractivity contribution in [3.05, 3.63) is 0 Å². The molecule has 1 aliphatic carbocycles. The third-order valence-electron chi connectivity index (χ3n) is 6.39. The molecule has 2 fully saturated rings. The lowest BCUT2D eigenvalue weighted by Gasteiger charge is -2.36. The smallest absolute Gasteiger partial charge is 0.315 e. The van der Waals surface area contributed by atoms with Crippen LogP contribution in [0.3, 0.4) is 0 Å². The van der Waals surface area contributed by atoms with Crippen LogP contribution >= 0.6 is 0 Å². The number of primary amides is 1. The lowest BCUT2D eigenvalue weighted by molar-refractivity contribution is -0.143. The van der Waals surface area contributed by atoms with Crippen LogP contribution in [-0.2, 0) is 19.2 Å². The van der Waals surface area contributed by atoms with Crippen molar-refractivity contribution in [1.29, 1.82) is 0 Å². The fourth-order valence-corrected chi connectivity index (χ4v) is 4.36. The molecule has 1 aliphatic heterocycles. The molecule has 10 nitrogen and oxygen atoms in total. The Morgan fingerprint density at radius 1 is 0.919 bits per heavy atom. The monoisotopic (exact) mass is 523 g/mol. The maximum absolute atomic E-state index is 13.5. The number of nitrogens with two attached hydrogens (primary N) is 1. The average molecular weight is 524 g/mol. The molecule has 0 aromatic heterocycles. The van der Waals surface area contributed by atoms with Crippen molar-refractivity contribution >= 4 is 29.5 Å². The van der Waals surface area contributed by atoms with Crippen molar-refractivity contribution in [2.45, 2.75) is 124 Å². The molecule has 1 heterocycles. The summed E-state index contributed by atoms with van der Waals surface area (Å²) in [4.78, 5) is 64.5. The van der Waals surface area contributed by atoms with Crippen molar-refractivity contribution < 1.29 is 24.0 Å². The van der Waals surface area contributed by atoms with Gasteiger partial charge in [-0.25, -0.2) is 4.79 Å². The van der Waals surface area contributed by atoms with Crippen LogP contribution in [0.1, 0.15) is 100 Å². The van der Waals surface area contributed by atoms with E-state index in [4.69, 9.17) is 5.73 Å². The van der Waals surface area contributed by atoms with E-state index in [2.05, 4.69) is 29.8 Å². The van der Waals surface area contributed by atoms with Gasteiger partial charge in [-0.1, -0.05) is 60.3 Å². The largest absolute Gasteiger partial charge is 0.363 e. The summed E-state index contributed by atoms with van der Waals surface area (Å²) in [5.74, 6) is -2.46. The molecule has 0 spiro atoms. The lowest BCUT2D eigenvalue weighted by atomic mass is 9.80. The predicted molar refractivity (Wildman–Crippen MR) is 143 cm³/mol. The zero-order valence-corrected chi connectivity index (χ0v) is 24.0. The number of amides is 5. The van der Waals surface area contributed by atoms with E-state index in [1.54, 1.807) is 0 Å². The molecule has 1 saturated heterocycles. The van der Waals surface area contributed by atoms with E-state index in [-0.39, 0.29) is 11.8 Å². The molecular formula is C27H49N5O5. The van der Waals surface area contributed by atoms with Crippen molar-refractivity contribution in [1.82, 2.24) is 20.9 Å².